The largest absolute Gasteiger partial charge is 0.497 e. The fourth-order valence-corrected chi connectivity index (χ4v) is 2.45. The molecule has 2 amide bonds. The summed E-state index contributed by atoms with van der Waals surface area (Å²) in [7, 11) is 3.01. The average Bonchev–Trinajstić information content (AvgIpc) is 2.62. The number of rotatable bonds is 5. The number of carbonyl (C=O) groups is 2. The number of aryl methyl sites for hydroxylation is 1. The maximum atomic E-state index is 12.6. The molecule has 0 aliphatic carbocycles. The van der Waals surface area contributed by atoms with Crippen LogP contribution in [0.1, 0.15) is 12.5 Å². The van der Waals surface area contributed by atoms with Gasteiger partial charge in [0.1, 0.15) is 11.5 Å². The van der Waals surface area contributed by atoms with Gasteiger partial charge in [-0.15, -0.1) is 0 Å². The minimum atomic E-state index is -0.741. The van der Waals surface area contributed by atoms with Crippen molar-refractivity contribution in [3.8, 4) is 11.5 Å². The number of nitrogens with zero attached hydrogens (tertiary/aromatic N) is 1. The van der Waals surface area contributed by atoms with Crippen LogP contribution in [0.15, 0.2) is 42.5 Å². The Bertz CT molecular complexity index is 774. The van der Waals surface area contributed by atoms with Gasteiger partial charge in [-0.2, -0.15) is 0 Å². The number of ether oxygens (including phenoxy) is 2. The highest BCUT2D eigenvalue weighted by molar-refractivity contribution is 6.44. The fourth-order valence-electron chi connectivity index (χ4n) is 2.45. The molecule has 132 valence electrons. The van der Waals surface area contributed by atoms with E-state index in [-0.39, 0.29) is 0 Å². The number of likely N-dealkylation sites (N-methyl/N-ethyl adjacent to an activating group) is 1. The Hall–Kier alpha value is -3.02. The summed E-state index contributed by atoms with van der Waals surface area (Å²) in [6, 6.07) is 12.4. The van der Waals surface area contributed by atoms with E-state index in [9.17, 15) is 9.59 Å². The van der Waals surface area contributed by atoms with Gasteiger partial charge in [0.25, 0.3) is 0 Å². The number of hydrogen-bond acceptors (Lipinski definition) is 4. The van der Waals surface area contributed by atoms with Crippen LogP contribution in [0.25, 0.3) is 0 Å². The van der Waals surface area contributed by atoms with Gasteiger partial charge in [0, 0.05) is 18.3 Å². The van der Waals surface area contributed by atoms with Crippen LogP contribution >= 0.6 is 0 Å². The van der Waals surface area contributed by atoms with Crippen molar-refractivity contribution in [3.63, 3.8) is 0 Å². The van der Waals surface area contributed by atoms with Crippen molar-refractivity contribution in [2.24, 2.45) is 0 Å². The molecule has 0 saturated heterocycles. The van der Waals surface area contributed by atoms with Crippen molar-refractivity contribution >= 4 is 23.2 Å². The highest BCUT2D eigenvalue weighted by Crippen LogP contribution is 2.29. The topological polar surface area (TPSA) is 67.9 Å². The van der Waals surface area contributed by atoms with E-state index >= 15 is 0 Å². The Morgan fingerprint density at radius 3 is 2.44 bits per heavy atom. The summed E-state index contributed by atoms with van der Waals surface area (Å²) in [4.78, 5) is 26.5. The maximum Gasteiger partial charge on any atom is 0.316 e. The molecule has 6 nitrogen and oxygen atoms in total. The van der Waals surface area contributed by atoms with Gasteiger partial charge in [0.2, 0.25) is 0 Å². The first-order chi connectivity index (χ1) is 12.0. The van der Waals surface area contributed by atoms with E-state index in [4.69, 9.17) is 9.47 Å². The molecule has 0 radical (unpaired) electrons. The summed E-state index contributed by atoms with van der Waals surface area (Å²) < 4.78 is 10.4. The van der Waals surface area contributed by atoms with Gasteiger partial charge in [0.15, 0.2) is 0 Å². The number of nitrogens with one attached hydrogen (secondary N) is 1. The second kappa shape index (κ2) is 8.19. The zero-order valence-electron chi connectivity index (χ0n) is 14.8. The number of amides is 2. The third kappa shape index (κ3) is 4.29. The van der Waals surface area contributed by atoms with Gasteiger partial charge < -0.3 is 19.7 Å². The number of methoxy groups -OCH3 is 2. The van der Waals surface area contributed by atoms with Gasteiger partial charge in [-0.3, -0.25) is 9.59 Å². The SMILES string of the molecule is CCN(C(=O)C(=O)Nc1cc(OC)ccc1OC)c1cccc(C)c1. The molecule has 0 spiro atoms. The Labute approximate surface area is 147 Å². The van der Waals surface area contributed by atoms with Crippen LogP contribution < -0.4 is 19.7 Å². The molecule has 6 heteroatoms. The lowest BCUT2D eigenvalue weighted by atomic mass is 10.2. The Morgan fingerprint density at radius 2 is 1.84 bits per heavy atom. The van der Waals surface area contributed by atoms with Crippen molar-refractivity contribution in [1.82, 2.24) is 0 Å². The van der Waals surface area contributed by atoms with Crippen LogP contribution in [0, 0.1) is 6.92 Å². The summed E-state index contributed by atoms with van der Waals surface area (Å²) >= 11 is 0. The number of hydrogen-bond donors (Lipinski definition) is 1. The summed E-state index contributed by atoms with van der Waals surface area (Å²) in [5, 5.41) is 2.60. The van der Waals surface area contributed by atoms with E-state index in [1.807, 2.05) is 32.0 Å². The molecule has 25 heavy (non-hydrogen) atoms. The Morgan fingerprint density at radius 1 is 1.08 bits per heavy atom. The number of benzene rings is 2. The molecule has 0 fully saturated rings. The first kappa shape index (κ1) is 18.3. The molecular formula is C19H22N2O4. The Kier molecular flexibility index (Phi) is 6.00. The molecule has 0 saturated carbocycles. The summed E-state index contributed by atoms with van der Waals surface area (Å²) in [6.07, 6.45) is 0. The van der Waals surface area contributed by atoms with Crippen molar-refractivity contribution in [1.29, 1.82) is 0 Å². The first-order valence-corrected chi connectivity index (χ1v) is 7.91. The lowest BCUT2D eigenvalue weighted by Crippen LogP contribution is -2.39. The third-order valence-corrected chi connectivity index (χ3v) is 3.72. The zero-order chi connectivity index (χ0) is 18.4. The van der Waals surface area contributed by atoms with Crippen molar-refractivity contribution in [2.45, 2.75) is 13.8 Å². The monoisotopic (exact) mass is 342 g/mol. The van der Waals surface area contributed by atoms with Gasteiger partial charge in [-0.25, -0.2) is 0 Å². The molecule has 2 aromatic carbocycles. The molecule has 2 aromatic rings. The van der Waals surface area contributed by atoms with E-state index in [1.54, 1.807) is 24.3 Å². The smallest absolute Gasteiger partial charge is 0.316 e. The summed E-state index contributed by atoms with van der Waals surface area (Å²) in [6.45, 7) is 4.13. The van der Waals surface area contributed by atoms with Crippen LogP contribution in [-0.2, 0) is 9.59 Å². The number of carbonyl (C=O) groups excluding carboxylic acids is 2. The van der Waals surface area contributed by atoms with E-state index in [0.717, 1.165) is 5.56 Å². The molecule has 0 aromatic heterocycles. The van der Waals surface area contributed by atoms with Crippen molar-refractivity contribution in [3.05, 3.63) is 48.0 Å². The molecule has 0 aliphatic heterocycles. The van der Waals surface area contributed by atoms with E-state index in [0.29, 0.717) is 29.4 Å². The second-order valence-corrected chi connectivity index (χ2v) is 5.41. The fraction of sp³-hybridized carbons (Fsp3) is 0.263. The second-order valence-electron chi connectivity index (χ2n) is 5.41. The zero-order valence-corrected chi connectivity index (χ0v) is 14.8. The predicted molar refractivity (Wildman–Crippen MR) is 97.4 cm³/mol. The molecule has 2 rings (SSSR count). The minimum absolute atomic E-state index is 0.375. The standard InChI is InChI=1S/C19H22N2O4/c1-5-21(14-8-6-7-13(2)11-14)19(23)18(22)20-16-12-15(24-3)9-10-17(16)25-4/h6-12H,5H2,1-4H3,(H,20,22). The normalized spacial score (nSPS) is 10.1. The lowest BCUT2D eigenvalue weighted by Gasteiger charge is -2.21. The highest BCUT2D eigenvalue weighted by Gasteiger charge is 2.23. The van der Waals surface area contributed by atoms with Crippen LogP contribution in [0.4, 0.5) is 11.4 Å². The van der Waals surface area contributed by atoms with Gasteiger partial charge in [0.05, 0.1) is 19.9 Å². The average molecular weight is 342 g/mol. The van der Waals surface area contributed by atoms with Gasteiger partial charge in [-0.05, 0) is 43.7 Å². The van der Waals surface area contributed by atoms with Crippen LogP contribution in [0.2, 0.25) is 0 Å². The highest BCUT2D eigenvalue weighted by atomic mass is 16.5. The molecule has 1 N–H and O–H groups in total. The van der Waals surface area contributed by atoms with E-state index in [1.165, 1.54) is 19.1 Å². The maximum absolute atomic E-state index is 12.6. The molecule has 0 unspecified atom stereocenters. The number of anilines is 2. The molecule has 0 bridgehead atoms. The lowest BCUT2D eigenvalue weighted by molar-refractivity contribution is -0.134. The molecular weight excluding hydrogens is 320 g/mol. The van der Waals surface area contributed by atoms with Crippen LogP contribution in [-0.4, -0.2) is 32.6 Å². The van der Waals surface area contributed by atoms with Crippen LogP contribution in [0.5, 0.6) is 11.5 Å². The summed E-state index contributed by atoms with van der Waals surface area (Å²) in [5.41, 5.74) is 2.07. The van der Waals surface area contributed by atoms with Crippen LogP contribution in [0.3, 0.4) is 0 Å². The van der Waals surface area contributed by atoms with Crippen molar-refractivity contribution in [2.75, 3.05) is 31.0 Å². The first-order valence-electron chi connectivity index (χ1n) is 7.91. The van der Waals surface area contributed by atoms with Gasteiger partial charge >= 0.3 is 11.8 Å². The minimum Gasteiger partial charge on any atom is -0.497 e. The molecule has 0 heterocycles. The third-order valence-electron chi connectivity index (χ3n) is 3.72. The van der Waals surface area contributed by atoms with Gasteiger partial charge in [-0.1, -0.05) is 12.1 Å². The van der Waals surface area contributed by atoms with E-state index in [2.05, 4.69) is 5.32 Å². The van der Waals surface area contributed by atoms with E-state index < -0.39 is 11.8 Å². The molecule has 0 atom stereocenters. The van der Waals surface area contributed by atoms with Crippen molar-refractivity contribution < 1.29 is 19.1 Å². The summed E-state index contributed by atoms with van der Waals surface area (Å²) in [5.74, 6) is -0.386. The molecule has 0 aliphatic rings. The predicted octanol–water partition coefficient (Wildman–Crippen LogP) is 3.00. The Balaban J connectivity index is 2.23. The quantitative estimate of drug-likeness (QED) is 0.848.